The van der Waals surface area contributed by atoms with Crippen LogP contribution in [0.5, 0.6) is 0 Å². The summed E-state index contributed by atoms with van der Waals surface area (Å²) < 4.78 is 25.4. The fourth-order valence-corrected chi connectivity index (χ4v) is 53.0. The van der Waals surface area contributed by atoms with Crippen LogP contribution in [0.1, 0.15) is 106 Å². The standard InChI is InChI=1S/C10H14S3.C9H12OS3.C9H12S3.C9H12SSe2.C8H9FS3.C8H10OS3.C8H10S4.C8H10SSe2/c1-5-6(2)13-10-8(4)11-7(3)9(10)12-5;1-5-8-9(6(2)12-5)13-7(3-10)4-11-8;1-5-4-10-8-6(2)12-7(3)9(8)11-5;1-5-4-11-8-6(2)10-7(3)9(8)12-5;1-4-7-8(5(2)11-4)12-6(9)3-10-7;2*1-5-7-8(6(2)12-5)11-4-9-3-10-7;1-5-7-8(6(2)9-5)11-4-3-10-7/h5-6H,1-4H3;7,10H,3-4H2,1-2H3;2*5H,4H2,1-3H3;6H,3H2,1-2H3;2*3-4H2,1-2H3;3-4H2,1-2H3. The van der Waals surface area contributed by atoms with Gasteiger partial charge in [0, 0.05) is 166 Å². The molecule has 0 bridgehead atoms. The van der Waals surface area contributed by atoms with Crippen LogP contribution in [0.15, 0.2) is 58.7 Å². The normalized spacial score (nSPS) is 21.0. The number of fused-ring (bicyclic) bond motifs is 8. The number of halogens is 1. The van der Waals surface area contributed by atoms with Crippen LogP contribution in [0.2, 0.25) is 20.8 Å². The molecule has 0 spiro atoms. The van der Waals surface area contributed by atoms with Gasteiger partial charge < -0.3 is 9.84 Å². The average Bonchev–Trinajstić information content (AvgIpc) is 1.52. The first-order chi connectivity index (χ1) is 46.2. The number of aliphatic hydroxyl groups excluding tert-OH is 1. The van der Waals surface area contributed by atoms with Crippen LogP contribution in [0.3, 0.4) is 0 Å². The van der Waals surface area contributed by atoms with E-state index in [-0.39, 0.29) is 0 Å². The molecule has 16 rings (SSSR count). The van der Waals surface area contributed by atoms with Gasteiger partial charge in [-0.1, -0.05) is 56.1 Å². The number of ether oxygens (including phenoxy) is 1. The van der Waals surface area contributed by atoms with Gasteiger partial charge in [-0.05, 0) is 83.1 Å². The summed E-state index contributed by atoms with van der Waals surface area (Å²) in [6, 6.07) is 0. The van der Waals surface area contributed by atoms with Crippen LogP contribution < -0.4 is 17.8 Å². The molecule has 534 valence electrons. The molecule has 0 saturated carbocycles. The van der Waals surface area contributed by atoms with E-state index in [2.05, 4.69) is 162 Å². The minimum atomic E-state index is -0.713. The minimum absolute atomic E-state index is 0.297. The summed E-state index contributed by atoms with van der Waals surface area (Å²) in [6.07, 6.45) is 0. The third-order valence-electron chi connectivity index (χ3n) is 15.3. The molecule has 0 radical (unpaired) electrons. The van der Waals surface area contributed by atoms with Gasteiger partial charge in [0.15, 0.2) is 5.50 Å². The summed E-state index contributed by atoms with van der Waals surface area (Å²) >= 11 is 43.3. The topological polar surface area (TPSA) is 29.5 Å². The Hall–Kier alpha value is 4.08. The third-order valence-corrected chi connectivity index (χ3v) is 59.4. The SMILES string of the molecule is Cc1sc(C)c2c1SC(C)C(C)S2.Cc1sc(C)c2c1SCC(C)S2.Cc1sc(C)c2c1SCC(CO)S2.Cc1sc(C)c2c1SCC(F)S2.Cc1sc(C)c2c1SCOCS2.Cc1sc(C)c2c1SCSCS2.Cc1sc(C)c2c1[Se]CC(C)[Se]2.Cc1sc(C)c2c1[Se]CC[Se]2. The van der Waals surface area contributed by atoms with E-state index in [0.717, 1.165) is 98.0 Å². The van der Waals surface area contributed by atoms with E-state index in [4.69, 9.17) is 9.84 Å². The molecule has 0 fully saturated rings. The molecule has 8 aliphatic heterocycles. The zero-order valence-corrected chi connectivity index (χ0v) is 82.7. The Balaban J connectivity index is 0.000000130. The van der Waals surface area contributed by atoms with Gasteiger partial charge in [0.25, 0.3) is 0 Å². The number of thioether (sulfide) groups is 13. The first kappa shape index (κ1) is 85.1. The second-order valence-electron chi connectivity index (χ2n) is 23.3. The maximum atomic E-state index is 13.0. The van der Waals surface area contributed by atoms with Crippen molar-refractivity contribution in [2.45, 2.75) is 244 Å². The van der Waals surface area contributed by atoms with Crippen molar-refractivity contribution >= 4 is 321 Å². The Bertz CT molecular complexity index is 3560. The molecule has 8 aliphatic rings. The number of aryl methyl sites for hydroxylation is 16. The van der Waals surface area contributed by atoms with Crippen LogP contribution in [0, 0.1) is 111 Å². The van der Waals surface area contributed by atoms with Crippen molar-refractivity contribution in [2.24, 2.45) is 0 Å². The molecule has 2 nitrogen and oxygen atoms in total. The number of thiophene rings is 8. The van der Waals surface area contributed by atoms with Crippen molar-refractivity contribution in [2.75, 3.05) is 45.9 Å². The van der Waals surface area contributed by atoms with E-state index < -0.39 is 5.50 Å². The summed E-state index contributed by atoms with van der Waals surface area (Å²) in [7, 11) is 0. The van der Waals surface area contributed by atoms with Crippen LogP contribution in [0.25, 0.3) is 0 Å². The third kappa shape index (κ3) is 22.9. The quantitative estimate of drug-likeness (QED) is 0.158. The number of alkyl halides is 1. The molecule has 6 unspecified atom stereocenters. The van der Waals surface area contributed by atoms with Crippen molar-refractivity contribution in [1.29, 1.82) is 0 Å². The van der Waals surface area contributed by atoms with E-state index in [0.29, 0.717) is 17.6 Å². The molecule has 6 atom stereocenters. The number of hydrogen-bond donors (Lipinski definition) is 1. The Morgan fingerprint density at radius 1 is 0.361 bits per heavy atom. The second kappa shape index (κ2) is 40.9. The van der Waals surface area contributed by atoms with Crippen molar-refractivity contribution < 1.29 is 14.2 Å². The van der Waals surface area contributed by atoms with Gasteiger partial charge in [0.2, 0.25) is 0 Å². The average molecular weight is 1960 g/mol. The van der Waals surface area contributed by atoms with Crippen molar-refractivity contribution in [1.82, 2.24) is 0 Å². The Kier molecular flexibility index (Phi) is 35.8. The Labute approximate surface area is 693 Å². The van der Waals surface area contributed by atoms with Crippen molar-refractivity contribution in [3.8, 4) is 0 Å². The Morgan fingerprint density at radius 3 is 1.12 bits per heavy atom. The monoisotopic (exact) mass is 1960 g/mol. The van der Waals surface area contributed by atoms with Crippen LogP contribution >= 0.6 is 244 Å². The molecule has 0 saturated heterocycles. The Morgan fingerprint density at radius 2 is 0.691 bits per heavy atom. The molecule has 1 N–H and O–H groups in total. The second-order valence-corrected chi connectivity index (χ2v) is 59.9. The van der Waals surface area contributed by atoms with E-state index in [9.17, 15) is 4.39 Å². The molecule has 0 aliphatic carbocycles. The molecule has 0 amide bonds. The molecular formula is C69H89FO2S21Se4. The molecule has 8 aromatic heterocycles. The molecular weight excluding hydrogens is 1870 g/mol. The summed E-state index contributed by atoms with van der Waals surface area (Å²) in [6.45, 7) is 45.2. The summed E-state index contributed by atoms with van der Waals surface area (Å²) in [5.74, 6) is 4.53. The van der Waals surface area contributed by atoms with Crippen LogP contribution in [-0.2, 0) is 4.74 Å². The van der Waals surface area contributed by atoms with Crippen molar-refractivity contribution in [3.63, 3.8) is 0 Å². The summed E-state index contributed by atoms with van der Waals surface area (Å²) in [5.41, 5.74) is -0.713. The zero-order chi connectivity index (χ0) is 70.1. The van der Waals surface area contributed by atoms with Gasteiger partial charge in [-0.25, -0.2) is 4.39 Å². The van der Waals surface area contributed by atoms with Crippen LogP contribution in [0.4, 0.5) is 4.39 Å². The maximum absolute atomic E-state index is 13.0. The number of aliphatic hydroxyl groups is 1. The van der Waals surface area contributed by atoms with Gasteiger partial charge in [0.1, 0.15) is 0 Å². The van der Waals surface area contributed by atoms with Crippen molar-refractivity contribution in [3.05, 3.63) is 78.0 Å². The molecule has 28 heteroatoms. The molecule has 16 heterocycles. The van der Waals surface area contributed by atoms with E-state index in [1.54, 1.807) is 89.8 Å². The predicted molar refractivity (Wildman–Crippen MR) is 473 cm³/mol. The number of rotatable bonds is 1. The molecule has 0 aromatic carbocycles. The van der Waals surface area contributed by atoms with Gasteiger partial charge in [-0.15, -0.1) is 186 Å². The molecule has 8 aromatic rings. The summed E-state index contributed by atoms with van der Waals surface area (Å²) in [4.78, 5) is 42.3. The van der Waals surface area contributed by atoms with Gasteiger partial charge in [0.05, 0.1) is 18.5 Å². The van der Waals surface area contributed by atoms with Gasteiger partial charge >= 0.3 is 175 Å². The van der Waals surface area contributed by atoms with Gasteiger partial charge in [-0.3, -0.25) is 0 Å². The first-order valence-corrected chi connectivity index (χ1v) is 58.7. The molecule has 97 heavy (non-hydrogen) atoms. The first-order valence-electron chi connectivity index (χ1n) is 31.7. The fourth-order valence-electron chi connectivity index (χ4n) is 10.6. The predicted octanol–water partition coefficient (Wildman–Crippen LogP) is 24.9. The van der Waals surface area contributed by atoms with E-state index >= 15 is 0 Å². The zero-order valence-electron chi connectivity index (χ0n) is 58.7. The van der Waals surface area contributed by atoms with Crippen LogP contribution in [-0.4, -0.2) is 137 Å². The summed E-state index contributed by atoms with van der Waals surface area (Å²) in [5, 5.41) is 18.7. The van der Waals surface area contributed by atoms with E-state index in [1.807, 2.05) is 185 Å². The van der Waals surface area contributed by atoms with Gasteiger partial charge in [-0.2, -0.15) is 0 Å². The fraction of sp³-hybridized carbons (Fsp3) is 0.536. The number of hydrogen-bond acceptors (Lipinski definition) is 23. The van der Waals surface area contributed by atoms with E-state index in [1.165, 1.54) is 132 Å².